The van der Waals surface area contributed by atoms with Crippen LogP contribution in [-0.2, 0) is 11.2 Å². The third kappa shape index (κ3) is 5.01. The molecule has 4 nitrogen and oxygen atoms in total. The van der Waals surface area contributed by atoms with Crippen LogP contribution < -0.4 is 14.8 Å². The van der Waals surface area contributed by atoms with Crippen molar-refractivity contribution >= 4 is 5.91 Å². The second-order valence-corrected chi connectivity index (χ2v) is 5.81. The van der Waals surface area contributed by atoms with Crippen molar-refractivity contribution in [3.63, 3.8) is 0 Å². The Morgan fingerprint density at radius 1 is 1.04 bits per heavy atom. The predicted octanol–water partition coefficient (Wildman–Crippen LogP) is 3.56. The highest BCUT2D eigenvalue weighted by molar-refractivity contribution is 5.76. The number of hydrogen-bond acceptors (Lipinski definition) is 3. The fourth-order valence-corrected chi connectivity index (χ4v) is 2.63. The summed E-state index contributed by atoms with van der Waals surface area (Å²) in [5.41, 5.74) is 2.29. The van der Waals surface area contributed by atoms with E-state index in [0.717, 1.165) is 12.0 Å². The fourth-order valence-electron chi connectivity index (χ4n) is 2.63. The van der Waals surface area contributed by atoms with Gasteiger partial charge in [-0.2, -0.15) is 0 Å². The Morgan fingerprint density at radius 2 is 1.75 bits per heavy atom. The third-order valence-corrected chi connectivity index (χ3v) is 4.04. The van der Waals surface area contributed by atoms with E-state index in [1.165, 1.54) is 5.56 Å². The Labute approximate surface area is 143 Å². The van der Waals surface area contributed by atoms with Crippen molar-refractivity contribution < 1.29 is 14.3 Å². The van der Waals surface area contributed by atoms with Crippen molar-refractivity contribution in [2.45, 2.75) is 25.7 Å². The highest BCUT2D eigenvalue weighted by Crippen LogP contribution is 2.27. The first-order valence-electron chi connectivity index (χ1n) is 8.16. The lowest BCUT2D eigenvalue weighted by Gasteiger charge is -2.12. The third-order valence-electron chi connectivity index (χ3n) is 4.04. The minimum atomic E-state index is 0.0758. The number of hydrogen-bond donors (Lipinski definition) is 1. The van der Waals surface area contributed by atoms with Gasteiger partial charge in [0.2, 0.25) is 5.91 Å². The average Bonchev–Trinajstić information content (AvgIpc) is 2.62. The highest BCUT2D eigenvalue weighted by Gasteiger charge is 2.11. The molecule has 2 aromatic rings. The second kappa shape index (κ2) is 8.96. The number of carbonyl (C=O) groups excluding carboxylic acids is 1. The molecule has 0 bridgehead atoms. The molecule has 0 heterocycles. The minimum Gasteiger partial charge on any atom is -0.493 e. The smallest absolute Gasteiger partial charge is 0.220 e. The molecule has 2 aromatic carbocycles. The molecule has 4 heteroatoms. The van der Waals surface area contributed by atoms with E-state index in [1.807, 2.05) is 36.4 Å². The Morgan fingerprint density at radius 3 is 2.42 bits per heavy atom. The molecule has 0 fully saturated rings. The summed E-state index contributed by atoms with van der Waals surface area (Å²) in [7, 11) is 3.24. The molecule has 2 rings (SSSR count). The molecule has 0 spiro atoms. The molecule has 0 aromatic heterocycles. The summed E-state index contributed by atoms with van der Waals surface area (Å²) in [6, 6.07) is 15.9. The molecule has 0 aliphatic carbocycles. The SMILES string of the molecule is COc1ccc(CCNC(=O)CC(C)c2ccccc2)cc1OC. The number of amides is 1. The van der Waals surface area contributed by atoms with Crippen molar-refractivity contribution in [3.8, 4) is 11.5 Å². The maximum atomic E-state index is 12.1. The molecule has 1 N–H and O–H groups in total. The minimum absolute atomic E-state index is 0.0758. The van der Waals surface area contributed by atoms with Gasteiger partial charge < -0.3 is 14.8 Å². The maximum absolute atomic E-state index is 12.1. The second-order valence-electron chi connectivity index (χ2n) is 5.81. The van der Waals surface area contributed by atoms with Gasteiger partial charge in [0.1, 0.15) is 0 Å². The fraction of sp³-hybridized carbons (Fsp3) is 0.350. The van der Waals surface area contributed by atoms with Gasteiger partial charge in [-0.15, -0.1) is 0 Å². The number of carbonyl (C=O) groups is 1. The van der Waals surface area contributed by atoms with Crippen LogP contribution in [-0.4, -0.2) is 26.7 Å². The molecule has 0 aliphatic heterocycles. The molecule has 24 heavy (non-hydrogen) atoms. The lowest BCUT2D eigenvalue weighted by Crippen LogP contribution is -2.26. The van der Waals surface area contributed by atoms with E-state index >= 15 is 0 Å². The lowest BCUT2D eigenvalue weighted by molar-refractivity contribution is -0.121. The van der Waals surface area contributed by atoms with E-state index in [9.17, 15) is 4.79 Å². The van der Waals surface area contributed by atoms with Gasteiger partial charge >= 0.3 is 0 Å². The molecule has 0 aliphatic rings. The molecule has 1 unspecified atom stereocenters. The van der Waals surface area contributed by atoms with Gasteiger partial charge in [0.05, 0.1) is 14.2 Å². The summed E-state index contributed by atoms with van der Waals surface area (Å²) >= 11 is 0. The number of benzene rings is 2. The monoisotopic (exact) mass is 327 g/mol. The van der Waals surface area contributed by atoms with Gasteiger partial charge in [-0.3, -0.25) is 4.79 Å². The summed E-state index contributed by atoms with van der Waals surface area (Å²) < 4.78 is 10.5. The van der Waals surface area contributed by atoms with Crippen LogP contribution in [0, 0.1) is 0 Å². The first-order chi connectivity index (χ1) is 11.6. The molecule has 128 valence electrons. The topological polar surface area (TPSA) is 47.6 Å². The van der Waals surface area contributed by atoms with Gasteiger partial charge in [-0.25, -0.2) is 0 Å². The normalized spacial score (nSPS) is 11.6. The maximum Gasteiger partial charge on any atom is 0.220 e. The lowest BCUT2D eigenvalue weighted by atomic mass is 9.97. The van der Waals surface area contributed by atoms with E-state index in [4.69, 9.17) is 9.47 Å². The quantitative estimate of drug-likeness (QED) is 0.806. The zero-order valence-electron chi connectivity index (χ0n) is 14.5. The Hall–Kier alpha value is -2.49. The van der Waals surface area contributed by atoms with Gasteiger partial charge in [-0.1, -0.05) is 43.3 Å². The van der Waals surface area contributed by atoms with Crippen molar-refractivity contribution in [2.75, 3.05) is 20.8 Å². The van der Waals surface area contributed by atoms with Crippen LogP contribution >= 0.6 is 0 Å². The van der Waals surface area contributed by atoms with E-state index < -0.39 is 0 Å². The summed E-state index contributed by atoms with van der Waals surface area (Å²) in [6.45, 7) is 2.68. The van der Waals surface area contributed by atoms with Crippen LogP contribution in [0.25, 0.3) is 0 Å². The highest BCUT2D eigenvalue weighted by atomic mass is 16.5. The van der Waals surface area contributed by atoms with Crippen LogP contribution in [0.2, 0.25) is 0 Å². The first-order valence-corrected chi connectivity index (χ1v) is 8.16. The molecule has 1 atom stereocenters. The van der Waals surface area contributed by atoms with E-state index in [-0.39, 0.29) is 11.8 Å². The van der Waals surface area contributed by atoms with Crippen molar-refractivity contribution in [3.05, 3.63) is 59.7 Å². The van der Waals surface area contributed by atoms with Crippen LogP contribution in [0.4, 0.5) is 0 Å². The molecule has 0 saturated heterocycles. The van der Waals surface area contributed by atoms with Crippen LogP contribution in [0.5, 0.6) is 11.5 Å². The van der Waals surface area contributed by atoms with Gasteiger partial charge in [0, 0.05) is 13.0 Å². The average molecular weight is 327 g/mol. The number of nitrogens with one attached hydrogen (secondary N) is 1. The molecular formula is C20H25NO3. The summed E-state index contributed by atoms with van der Waals surface area (Å²) in [4.78, 5) is 12.1. The first kappa shape index (κ1) is 17.9. The molecular weight excluding hydrogens is 302 g/mol. The molecule has 0 saturated carbocycles. The summed E-state index contributed by atoms with van der Waals surface area (Å²) in [5.74, 6) is 1.71. The summed E-state index contributed by atoms with van der Waals surface area (Å²) in [6.07, 6.45) is 1.25. The van der Waals surface area contributed by atoms with E-state index in [2.05, 4.69) is 24.4 Å². The van der Waals surface area contributed by atoms with Crippen LogP contribution in [0.3, 0.4) is 0 Å². The van der Waals surface area contributed by atoms with Crippen molar-refractivity contribution in [1.29, 1.82) is 0 Å². The molecule has 1 amide bonds. The van der Waals surface area contributed by atoms with Crippen LogP contribution in [0.15, 0.2) is 48.5 Å². The Kier molecular flexibility index (Phi) is 6.67. The Balaban J connectivity index is 1.80. The van der Waals surface area contributed by atoms with E-state index in [0.29, 0.717) is 24.5 Å². The van der Waals surface area contributed by atoms with Gasteiger partial charge in [0.25, 0.3) is 0 Å². The van der Waals surface area contributed by atoms with E-state index in [1.54, 1.807) is 14.2 Å². The van der Waals surface area contributed by atoms with Crippen LogP contribution in [0.1, 0.15) is 30.4 Å². The predicted molar refractivity (Wildman–Crippen MR) is 95.7 cm³/mol. The standard InChI is InChI=1S/C20H25NO3/c1-15(17-7-5-4-6-8-17)13-20(22)21-12-11-16-9-10-18(23-2)19(14-16)24-3/h4-10,14-15H,11-13H2,1-3H3,(H,21,22). The molecule has 0 radical (unpaired) electrons. The number of methoxy groups -OCH3 is 2. The summed E-state index contributed by atoms with van der Waals surface area (Å²) in [5, 5.41) is 2.99. The van der Waals surface area contributed by atoms with Gasteiger partial charge in [0.15, 0.2) is 11.5 Å². The Bertz CT molecular complexity index is 655. The van der Waals surface area contributed by atoms with Crippen molar-refractivity contribution in [2.24, 2.45) is 0 Å². The largest absolute Gasteiger partial charge is 0.493 e. The zero-order chi connectivity index (χ0) is 17.4. The van der Waals surface area contributed by atoms with Gasteiger partial charge in [-0.05, 0) is 35.6 Å². The van der Waals surface area contributed by atoms with Crippen molar-refractivity contribution in [1.82, 2.24) is 5.32 Å². The number of rotatable bonds is 8. The number of ether oxygens (including phenoxy) is 2. The zero-order valence-corrected chi connectivity index (χ0v) is 14.5.